The number of hydrogen-bond acceptors (Lipinski definition) is 16. The lowest BCUT2D eigenvalue weighted by molar-refractivity contribution is -0.269. The van der Waals surface area contributed by atoms with Crippen LogP contribution in [0.25, 0.3) is 0 Å². The molecule has 34 heavy (non-hydrogen) atoms. The van der Waals surface area contributed by atoms with Crippen LogP contribution in [0.2, 0.25) is 0 Å². The van der Waals surface area contributed by atoms with Crippen molar-refractivity contribution in [1.82, 2.24) is 0 Å². The number of hydrogen-bond donors (Lipinski definition) is 11. The zero-order chi connectivity index (χ0) is 25.3. The Morgan fingerprint density at radius 2 is 1.00 bits per heavy atom. The van der Waals surface area contributed by atoms with E-state index in [2.05, 4.69) is 0 Å². The standard InChI is InChI=1S/C18H32O16/c19-1-4(22)11-7(25)8(26)17(31-11)34-15-9(27)12(5(23)2-20)32-18(15)33-14-10(28)16(29)30-13(14)6(24)3-21/h4-29H,1-3H2/t4-,5-,6-,7-,8-,9+,10-,11+,12+,13+,14-,15-,16-,17+,18+/m1/s1. The highest BCUT2D eigenvalue weighted by atomic mass is 16.8. The Labute approximate surface area is 192 Å². The van der Waals surface area contributed by atoms with E-state index in [1.807, 2.05) is 0 Å². The topological polar surface area (TPSA) is 269 Å². The second-order valence-electron chi connectivity index (χ2n) is 8.34. The maximum atomic E-state index is 10.6. The summed E-state index contributed by atoms with van der Waals surface area (Å²) in [5, 5.41) is 108. The van der Waals surface area contributed by atoms with Crippen molar-refractivity contribution in [1.29, 1.82) is 0 Å². The van der Waals surface area contributed by atoms with Crippen LogP contribution in [0.3, 0.4) is 0 Å². The number of rotatable bonds is 10. The quantitative estimate of drug-likeness (QED) is 0.132. The number of aliphatic hydroxyl groups is 11. The molecule has 0 bridgehead atoms. The molecule has 16 heteroatoms. The predicted octanol–water partition coefficient (Wildman–Crippen LogP) is -7.57. The maximum Gasteiger partial charge on any atom is 0.187 e. The van der Waals surface area contributed by atoms with Crippen LogP contribution in [0.15, 0.2) is 0 Å². The van der Waals surface area contributed by atoms with Gasteiger partial charge < -0.3 is 79.9 Å². The molecule has 3 heterocycles. The molecule has 3 aliphatic rings. The van der Waals surface area contributed by atoms with Crippen LogP contribution in [0, 0.1) is 0 Å². The molecule has 3 fully saturated rings. The summed E-state index contributed by atoms with van der Waals surface area (Å²) in [5.41, 5.74) is 0. The van der Waals surface area contributed by atoms with Crippen LogP contribution < -0.4 is 0 Å². The van der Waals surface area contributed by atoms with Crippen LogP contribution in [0.1, 0.15) is 0 Å². The van der Waals surface area contributed by atoms with Crippen molar-refractivity contribution < 1.29 is 79.9 Å². The zero-order valence-electron chi connectivity index (χ0n) is 17.7. The summed E-state index contributed by atoms with van der Waals surface area (Å²) >= 11 is 0. The van der Waals surface area contributed by atoms with E-state index in [4.69, 9.17) is 28.8 Å². The Kier molecular flexibility index (Phi) is 9.54. The molecule has 3 saturated heterocycles. The van der Waals surface area contributed by atoms with E-state index >= 15 is 0 Å². The SMILES string of the molecule is OC[C@@H](O)[C@@H]1O[C@@H](O[C@H]2[C@H](O[C@@H]3[C@@H](O)[C@H](O)O[C@H]3[C@H](O)CO)O[C@@H]([C@H](O)CO)[C@@H]2O)[C@H](O)[C@H]1O. The van der Waals surface area contributed by atoms with Gasteiger partial charge in [-0.1, -0.05) is 0 Å². The van der Waals surface area contributed by atoms with Gasteiger partial charge in [0.05, 0.1) is 19.8 Å². The van der Waals surface area contributed by atoms with Gasteiger partial charge in [-0.25, -0.2) is 0 Å². The summed E-state index contributed by atoms with van der Waals surface area (Å²) in [5.74, 6) is 0. The average Bonchev–Trinajstić information content (AvgIpc) is 3.40. The highest BCUT2D eigenvalue weighted by Gasteiger charge is 2.56. The first kappa shape index (κ1) is 27.9. The molecule has 16 nitrogen and oxygen atoms in total. The molecule has 0 aromatic carbocycles. The lowest BCUT2D eigenvalue weighted by Crippen LogP contribution is -2.48. The first-order valence-electron chi connectivity index (χ1n) is 10.6. The second-order valence-corrected chi connectivity index (χ2v) is 8.34. The van der Waals surface area contributed by atoms with Crippen LogP contribution in [-0.2, 0) is 23.7 Å². The minimum Gasteiger partial charge on any atom is -0.394 e. The van der Waals surface area contributed by atoms with Crippen LogP contribution in [0.4, 0.5) is 0 Å². The first-order chi connectivity index (χ1) is 16.0. The largest absolute Gasteiger partial charge is 0.394 e. The van der Waals surface area contributed by atoms with Crippen molar-refractivity contribution in [2.24, 2.45) is 0 Å². The number of ether oxygens (including phenoxy) is 5. The van der Waals surface area contributed by atoms with Crippen molar-refractivity contribution in [2.45, 2.75) is 92.1 Å². The molecule has 0 aromatic heterocycles. The molecule has 0 spiro atoms. The predicted molar refractivity (Wildman–Crippen MR) is 101 cm³/mol. The van der Waals surface area contributed by atoms with E-state index in [-0.39, 0.29) is 0 Å². The van der Waals surface area contributed by atoms with E-state index in [9.17, 15) is 51.1 Å². The van der Waals surface area contributed by atoms with Crippen molar-refractivity contribution >= 4 is 0 Å². The third-order valence-electron chi connectivity index (χ3n) is 6.02. The van der Waals surface area contributed by atoms with Gasteiger partial charge in [-0.3, -0.25) is 0 Å². The van der Waals surface area contributed by atoms with E-state index < -0.39 is 112 Å². The van der Waals surface area contributed by atoms with Crippen molar-refractivity contribution in [3.63, 3.8) is 0 Å². The maximum absolute atomic E-state index is 10.6. The Hall–Kier alpha value is -0.640. The fourth-order valence-electron chi connectivity index (χ4n) is 4.10. The average molecular weight is 504 g/mol. The molecule has 0 aromatic rings. The minimum absolute atomic E-state index is 0.802. The van der Waals surface area contributed by atoms with Crippen LogP contribution in [0.5, 0.6) is 0 Å². The lowest BCUT2D eigenvalue weighted by Gasteiger charge is -2.30. The summed E-state index contributed by atoms with van der Waals surface area (Å²) in [6.07, 6.45) is -24.4. The van der Waals surface area contributed by atoms with Gasteiger partial charge in [-0.15, -0.1) is 0 Å². The van der Waals surface area contributed by atoms with E-state index in [1.54, 1.807) is 0 Å². The van der Waals surface area contributed by atoms with E-state index in [0.29, 0.717) is 0 Å². The van der Waals surface area contributed by atoms with Gasteiger partial charge in [0.1, 0.15) is 73.2 Å². The monoisotopic (exact) mass is 504 g/mol. The number of aliphatic hydroxyl groups excluding tert-OH is 11. The molecular formula is C18H32O16. The molecule has 0 unspecified atom stereocenters. The first-order valence-corrected chi connectivity index (χ1v) is 10.6. The second kappa shape index (κ2) is 11.6. The summed E-state index contributed by atoms with van der Waals surface area (Å²) in [4.78, 5) is 0. The molecule has 11 N–H and O–H groups in total. The van der Waals surface area contributed by atoms with Gasteiger partial charge in [0.15, 0.2) is 18.9 Å². The molecule has 0 radical (unpaired) electrons. The zero-order valence-corrected chi connectivity index (χ0v) is 17.7. The summed E-state index contributed by atoms with van der Waals surface area (Å²) < 4.78 is 26.8. The third-order valence-corrected chi connectivity index (χ3v) is 6.02. The van der Waals surface area contributed by atoms with Crippen molar-refractivity contribution in [3.05, 3.63) is 0 Å². The molecule has 0 saturated carbocycles. The normalized spacial score (nSPS) is 47.7. The highest BCUT2D eigenvalue weighted by molar-refractivity contribution is 4.98. The fourth-order valence-corrected chi connectivity index (χ4v) is 4.10. The molecule has 3 rings (SSSR count). The molecule has 3 aliphatic heterocycles. The Bertz CT molecular complexity index is 641. The molecule has 0 aliphatic carbocycles. The van der Waals surface area contributed by atoms with Gasteiger partial charge >= 0.3 is 0 Å². The molecule has 15 atom stereocenters. The smallest absolute Gasteiger partial charge is 0.187 e. The van der Waals surface area contributed by atoms with E-state index in [1.165, 1.54) is 0 Å². The van der Waals surface area contributed by atoms with Crippen LogP contribution in [-0.4, -0.2) is 168 Å². The van der Waals surface area contributed by atoms with Gasteiger partial charge in [-0.05, 0) is 0 Å². The van der Waals surface area contributed by atoms with Crippen LogP contribution >= 0.6 is 0 Å². The summed E-state index contributed by atoms with van der Waals surface area (Å²) in [6.45, 7) is -2.46. The Morgan fingerprint density at radius 3 is 1.56 bits per heavy atom. The molecule has 0 amide bonds. The Balaban J connectivity index is 1.80. The summed E-state index contributed by atoms with van der Waals surface area (Å²) in [7, 11) is 0. The minimum atomic E-state index is -1.81. The summed E-state index contributed by atoms with van der Waals surface area (Å²) in [6, 6.07) is 0. The van der Waals surface area contributed by atoms with Gasteiger partial charge in [-0.2, -0.15) is 0 Å². The lowest BCUT2D eigenvalue weighted by atomic mass is 10.0. The van der Waals surface area contributed by atoms with Gasteiger partial charge in [0.2, 0.25) is 0 Å². The molecule has 200 valence electrons. The van der Waals surface area contributed by atoms with Crippen molar-refractivity contribution in [2.75, 3.05) is 19.8 Å². The van der Waals surface area contributed by atoms with E-state index in [0.717, 1.165) is 0 Å². The third kappa shape index (κ3) is 5.37. The highest BCUT2D eigenvalue weighted by Crippen LogP contribution is 2.35. The van der Waals surface area contributed by atoms with Crippen molar-refractivity contribution in [3.8, 4) is 0 Å². The van der Waals surface area contributed by atoms with Gasteiger partial charge in [0.25, 0.3) is 0 Å². The fraction of sp³-hybridized carbons (Fsp3) is 1.00. The molecular weight excluding hydrogens is 472 g/mol. The Morgan fingerprint density at radius 1 is 0.529 bits per heavy atom. The van der Waals surface area contributed by atoms with Gasteiger partial charge in [0, 0.05) is 0 Å².